The molecule has 3 N–H and O–H groups in total. The number of alkyl halides is 3. The standard InChI is InChI=1S/C22H28F3N6O5P/c1-14(2)35-20(32)21(3,4)30-37(33,36-16-7-5-15(6-8-16)22(23,24)25)13-34-10-9-31-12-29-17-18(26)27-11-28-19(17)31/h5-8,11-12,14H,9-10,13H2,1-4H3,(H,30,33)(H2,26,27,28). The predicted molar refractivity (Wildman–Crippen MR) is 129 cm³/mol. The van der Waals surface area contributed by atoms with Gasteiger partial charge in [0.15, 0.2) is 11.5 Å². The van der Waals surface area contributed by atoms with Crippen molar-refractivity contribution in [2.45, 2.75) is 52.1 Å². The second-order valence-electron chi connectivity index (χ2n) is 8.88. The lowest BCUT2D eigenvalue weighted by Gasteiger charge is -2.30. The molecule has 0 saturated heterocycles. The summed E-state index contributed by atoms with van der Waals surface area (Å²) in [5.41, 5.74) is 4.33. The number of nitrogens with zero attached hydrogens (tertiary/aromatic N) is 4. The van der Waals surface area contributed by atoms with Crippen LogP contribution in [0.4, 0.5) is 19.0 Å². The maximum Gasteiger partial charge on any atom is 0.416 e. The molecule has 1 aromatic carbocycles. The van der Waals surface area contributed by atoms with Gasteiger partial charge in [-0.25, -0.2) is 20.0 Å². The Morgan fingerprint density at radius 3 is 2.46 bits per heavy atom. The Morgan fingerprint density at radius 1 is 1.16 bits per heavy atom. The Labute approximate surface area is 211 Å². The first kappa shape index (κ1) is 28.4. The minimum atomic E-state index is -4.54. The Bertz CT molecular complexity index is 1280. The maximum absolute atomic E-state index is 13.7. The highest BCUT2D eigenvalue weighted by Crippen LogP contribution is 2.45. The molecule has 0 aliphatic rings. The van der Waals surface area contributed by atoms with Crippen LogP contribution in [0.15, 0.2) is 36.9 Å². The van der Waals surface area contributed by atoms with Crippen LogP contribution >= 0.6 is 7.52 Å². The van der Waals surface area contributed by atoms with Gasteiger partial charge < -0.3 is 24.3 Å². The average molecular weight is 544 g/mol. The molecule has 3 aromatic rings. The van der Waals surface area contributed by atoms with Crippen LogP contribution in [-0.2, 0) is 31.6 Å². The zero-order valence-electron chi connectivity index (χ0n) is 20.7. The van der Waals surface area contributed by atoms with Gasteiger partial charge in [-0.2, -0.15) is 13.2 Å². The van der Waals surface area contributed by atoms with Crippen LogP contribution < -0.4 is 15.3 Å². The van der Waals surface area contributed by atoms with Crippen molar-refractivity contribution in [3.8, 4) is 5.75 Å². The topological polar surface area (TPSA) is 143 Å². The van der Waals surface area contributed by atoms with Gasteiger partial charge in [0.2, 0.25) is 0 Å². The van der Waals surface area contributed by atoms with Crippen molar-refractivity contribution in [1.82, 2.24) is 24.6 Å². The van der Waals surface area contributed by atoms with Crippen molar-refractivity contribution in [3.05, 3.63) is 42.5 Å². The fourth-order valence-electron chi connectivity index (χ4n) is 3.20. The van der Waals surface area contributed by atoms with Gasteiger partial charge >= 0.3 is 19.7 Å². The first-order chi connectivity index (χ1) is 17.2. The number of halogens is 3. The summed E-state index contributed by atoms with van der Waals surface area (Å²) in [6, 6.07) is 3.68. The molecule has 0 aliphatic carbocycles. The van der Waals surface area contributed by atoms with Gasteiger partial charge in [0, 0.05) is 6.54 Å². The Morgan fingerprint density at radius 2 is 1.84 bits per heavy atom. The Kier molecular flexibility index (Phi) is 8.45. The molecule has 1 atom stereocenters. The van der Waals surface area contributed by atoms with Crippen LogP contribution in [0.5, 0.6) is 5.75 Å². The van der Waals surface area contributed by atoms with Gasteiger partial charge in [-0.1, -0.05) is 0 Å². The zero-order valence-corrected chi connectivity index (χ0v) is 21.5. The van der Waals surface area contributed by atoms with Crippen molar-refractivity contribution < 1.29 is 36.5 Å². The summed E-state index contributed by atoms with van der Waals surface area (Å²) in [6.45, 7) is 6.51. The Hall–Kier alpha value is -3.22. The molecule has 0 amide bonds. The first-order valence-electron chi connectivity index (χ1n) is 11.2. The SMILES string of the molecule is CC(C)OC(=O)C(C)(C)NP(=O)(COCCn1cnc2c(N)ncnc21)Oc1ccc(C(F)(F)F)cc1. The summed E-state index contributed by atoms with van der Waals surface area (Å²) >= 11 is 0. The number of hydrogen-bond acceptors (Lipinski definition) is 9. The molecule has 2 aromatic heterocycles. The fraction of sp³-hybridized carbons (Fsp3) is 0.455. The highest BCUT2D eigenvalue weighted by molar-refractivity contribution is 7.57. The molecule has 202 valence electrons. The third-order valence-corrected chi connectivity index (χ3v) is 6.83. The van der Waals surface area contributed by atoms with Crippen LogP contribution in [0.25, 0.3) is 11.2 Å². The van der Waals surface area contributed by atoms with E-state index in [0.717, 1.165) is 24.3 Å². The number of fused-ring (bicyclic) bond motifs is 1. The molecule has 0 radical (unpaired) electrons. The number of carbonyl (C=O) groups is 1. The zero-order chi connectivity index (χ0) is 27.4. The average Bonchev–Trinajstić information content (AvgIpc) is 3.20. The van der Waals surface area contributed by atoms with Gasteiger partial charge in [-0.3, -0.25) is 9.36 Å². The van der Waals surface area contributed by atoms with Crippen LogP contribution in [0.1, 0.15) is 33.3 Å². The lowest BCUT2D eigenvalue weighted by atomic mass is 10.1. The van der Waals surface area contributed by atoms with Gasteiger partial charge in [-0.05, 0) is 52.0 Å². The molecule has 0 bridgehead atoms. The highest BCUT2D eigenvalue weighted by atomic mass is 31.2. The number of benzene rings is 1. The van der Waals surface area contributed by atoms with Crippen molar-refractivity contribution >= 4 is 30.5 Å². The molecule has 0 aliphatic heterocycles. The summed E-state index contributed by atoms with van der Waals surface area (Å²) in [6.07, 6.45) is -2.68. The number of aromatic nitrogens is 4. The van der Waals surface area contributed by atoms with E-state index in [0.29, 0.717) is 11.2 Å². The number of anilines is 1. The summed E-state index contributed by atoms with van der Waals surface area (Å²) in [5, 5.41) is 2.65. The van der Waals surface area contributed by atoms with Crippen LogP contribution in [0.2, 0.25) is 0 Å². The van der Waals surface area contributed by atoms with E-state index in [1.165, 1.54) is 26.5 Å². The molecular formula is C22H28F3N6O5P. The number of rotatable bonds is 11. The van der Waals surface area contributed by atoms with Crippen molar-refractivity contribution in [2.24, 2.45) is 0 Å². The van der Waals surface area contributed by atoms with E-state index in [1.807, 2.05) is 0 Å². The molecule has 1 unspecified atom stereocenters. The number of ether oxygens (including phenoxy) is 2. The molecule has 37 heavy (non-hydrogen) atoms. The molecule has 0 spiro atoms. The maximum atomic E-state index is 13.7. The molecule has 15 heteroatoms. The lowest BCUT2D eigenvalue weighted by Crippen LogP contribution is -2.48. The number of hydrogen-bond donors (Lipinski definition) is 2. The number of carbonyl (C=O) groups excluding carboxylic acids is 1. The molecule has 0 fully saturated rings. The number of nitrogens with one attached hydrogen (secondary N) is 1. The summed E-state index contributed by atoms with van der Waals surface area (Å²) in [4.78, 5) is 24.7. The van der Waals surface area contributed by atoms with E-state index in [-0.39, 0.29) is 24.7 Å². The molecule has 11 nitrogen and oxygen atoms in total. The number of nitrogen functional groups attached to an aromatic ring is 1. The van der Waals surface area contributed by atoms with Gasteiger partial charge in [-0.15, -0.1) is 0 Å². The van der Waals surface area contributed by atoms with Crippen molar-refractivity contribution in [1.29, 1.82) is 0 Å². The fourth-order valence-corrected chi connectivity index (χ4v) is 5.14. The molecule has 0 saturated carbocycles. The Balaban J connectivity index is 1.74. The van der Waals surface area contributed by atoms with Gasteiger partial charge in [0.25, 0.3) is 0 Å². The number of esters is 1. The van der Waals surface area contributed by atoms with Crippen molar-refractivity contribution in [2.75, 3.05) is 18.7 Å². The minimum Gasteiger partial charge on any atom is -0.462 e. The molecule has 3 rings (SSSR count). The van der Waals surface area contributed by atoms with Gasteiger partial charge in [0.05, 0.1) is 24.6 Å². The summed E-state index contributed by atoms with van der Waals surface area (Å²) < 4.78 is 70.5. The summed E-state index contributed by atoms with van der Waals surface area (Å²) in [7, 11) is -4.00. The third kappa shape index (κ3) is 7.40. The van der Waals surface area contributed by atoms with E-state index < -0.39 is 43.2 Å². The van der Waals surface area contributed by atoms with E-state index in [9.17, 15) is 22.5 Å². The smallest absolute Gasteiger partial charge is 0.416 e. The van der Waals surface area contributed by atoms with Crippen LogP contribution in [0.3, 0.4) is 0 Å². The van der Waals surface area contributed by atoms with Crippen LogP contribution in [0, 0.1) is 0 Å². The molecule has 2 heterocycles. The molecular weight excluding hydrogens is 516 g/mol. The lowest BCUT2D eigenvalue weighted by molar-refractivity contribution is -0.153. The third-order valence-electron chi connectivity index (χ3n) is 4.90. The normalized spacial score (nSPS) is 14.1. The van der Waals surface area contributed by atoms with Gasteiger partial charge in [0.1, 0.15) is 29.5 Å². The van der Waals surface area contributed by atoms with Crippen molar-refractivity contribution in [3.63, 3.8) is 0 Å². The van der Waals surface area contributed by atoms with E-state index >= 15 is 0 Å². The second kappa shape index (κ2) is 11.0. The van der Waals surface area contributed by atoms with E-state index in [1.54, 1.807) is 18.4 Å². The van der Waals surface area contributed by atoms with E-state index in [4.69, 9.17) is 19.7 Å². The minimum absolute atomic E-state index is 0.0360. The first-order valence-corrected chi connectivity index (χ1v) is 13.0. The quantitative estimate of drug-likeness (QED) is 0.207. The highest BCUT2D eigenvalue weighted by Gasteiger charge is 2.40. The summed E-state index contributed by atoms with van der Waals surface area (Å²) in [5.74, 6) is -0.576. The number of imidazole rings is 1. The largest absolute Gasteiger partial charge is 0.462 e. The monoisotopic (exact) mass is 544 g/mol. The second-order valence-corrected chi connectivity index (χ2v) is 10.9. The number of nitrogens with two attached hydrogens (primary N) is 1. The van der Waals surface area contributed by atoms with Crippen LogP contribution in [-0.4, -0.2) is 50.1 Å². The predicted octanol–water partition coefficient (Wildman–Crippen LogP) is 3.99. The van der Waals surface area contributed by atoms with E-state index in [2.05, 4.69) is 20.0 Å².